The summed E-state index contributed by atoms with van der Waals surface area (Å²) in [6.07, 6.45) is 6.46. The number of likely N-dealkylation sites (N-methyl/N-ethyl adjacent to an activating group) is 1. The van der Waals surface area contributed by atoms with Crippen LogP contribution in [0.15, 0.2) is 12.7 Å². The number of hydrogen-bond acceptors (Lipinski definition) is 2. The fraction of sp³-hybridized carbons (Fsp3) is 0.812. The van der Waals surface area contributed by atoms with Crippen molar-refractivity contribution in [3.05, 3.63) is 12.7 Å². The number of aliphatic carboxylic acids is 1. The van der Waals surface area contributed by atoms with Crippen molar-refractivity contribution in [3.63, 3.8) is 0 Å². The van der Waals surface area contributed by atoms with Crippen LogP contribution >= 0.6 is 0 Å². The zero-order chi connectivity index (χ0) is 15.4. The predicted molar refractivity (Wildman–Crippen MR) is 82.6 cm³/mol. The van der Waals surface area contributed by atoms with Gasteiger partial charge in [-0.1, -0.05) is 12.5 Å². The van der Waals surface area contributed by atoms with Gasteiger partial charge in [-0.25, -0.2) is 0 Å². The summed E-state index contributed by atoms with van der Waals surface area (Å²) >= 11 is 0. The van der Waals surface area contributed by atoms with E-state index in [0.717, 1.165) is 56.3 Å². The molecular weight excluding hydrogens is 254 g/mol. The average Bonchev–Trinajstić information content (AvgIpc) is 2.42. The van der Waals surface area contributed by atoms with Crippen LogP contribution in [0.2, 0.25) is 0 Å². The molecule has 0 saturated carbocycles. The molecule has 0 radical (unpaired) electrons. The maximum absolute atomic E-state index is 10.6. The van der Waals surface area contributed by atoms with Gasteiger partial charge in [-0.05, 0) is 33.1 Å². The Bertz CT molecular complexity index is 275. The van der Waals surface area contributed by atoms with Crippen molar-refractivity contribution in [2.45, 2.75) is 58.5 Å². The number of rotatable bonds is 13. The second kappa shape index (κ2) is 10.9. The summed E-state index contributed by atoms with van der Waals surface area (Å²) < 4.78 is 0.815. The molecule has 0 aliphatic carbocycles. The third-order valence-electron chi connectivity index (χ3n) is 4.16. The minimum Gasteiger partial charge on any atom is -0.481 e. The van der Waals surface area contributed by atoms with E-state index in [0.29, 0.717) is 6.42 Å². The highest BCUT2D eigenvalue weighted by atomic mass is 16.4. The first-order valence-corrected chi connectivity index (χ1v) is 7.85. The SMILES string of the molecule is C=CCCCCC(O)C[N+](CC)(CC)CCCC(=O)O. The molecule has 118 valence electrons. The quantitative estimate of drug-likeness (QED) is 0.311. The van der Waals surface area contributed by atoms with Crippen LogP contribution in [0.4, 0.5) is 0 Å². The highest BCUT2D eigenvalue weighted by Gasteiger charge is 2.26. The lowest BCUT2D eigenvalue weighted by Gasteiger charge is -2.38. The first-order valence-electron chi connectivity index (χ1n) is 7.85. The third-order valence-corrected chi connectivity index (χ3v) is 4.16. The smallest absolute Gasteiger partial charge is 0.303 e. The Hall–Kier alpha value is -0.870. The normalized spacial score (nSPS) is 13.2. The van der Waals surface area contributed by atoms with E-state index in [4.69, 9.17) is 5.11 Å². The van der Waals surface area contributed by atoms with Gasteiger partial charge in [0.1, 0.15) is 12.6 Å². The Morgan fingerprint density at radius 1 is 1.25 bits per heavy atom. The number of carboxylic acids is 1. The van der Waals surface area contributed by atoms with Crippen molar-refractivity contribution in [2.75, 3.05) is 26.2 Å². The standard InChI is InChI=1S/C16H31NO3/c1-4-7-8-9-11-15(18)14-17(5-2,6-3)13-10-12-16(19)20/h4,15,18H,1,5-14H2,2-3H3/p+1. The number of allylic oxidation sites excluding steroid dienone is 1. The summed E-state index contributed by atoms with van der Waals surface area (Å²) in [7, 11) is 0. The molecule has 0 fully saturated rings. The predicted octanol–water partition coefficient (Wildman–Crippen LogP) is 2.82. The van der Waals surface area contributed by atoms with E-state index in [1.165, 1.54) is 0 Å². The lowest BCUT2D eigenvalue weighted by Crippen LogP contribution is -2.52. The monoisotopic (exact) mass is 286 g/mol. The first kappa shape index (κ1) is 19.1. The molecule has 4 heteroatoms. The molecule has 1 unspecified atom stereocenters. The molecule has 0 aliphatic heterocycles. The van der Waals surface area contributed by atoms with E-state index in [1.54, 1.807) is 0 Å². The number of aliphatic hydroxyl groups is 1. The van der Waals surface area contributed by atoms with Crippen molar-refractivity contribution in [3.8, 4) is 0 Å². The second-order valence-corrected chi connectivity index (χ2v) is 5.60. The molecule has 0 aromatic heterocycles. The van der Waals surface area contributed by atoms with E-state index in [9.17, 15) is 9.90 Å². The number of nitrogens with zero attached hydrogens (tertiary/aromatic N) is 1. The molecular formula is C16H32NO3+. The summed E-state index contributed by atoms with van der Waals surface area (Å²) in [5.41, 5.74) is 0. The second-order valence-electron chi connectivity index (χ2n) is 5.60. The zero-order valence-electron chi connectivity index (χ0n) is 13.2. The summed E-state index contributed by atoms with van der Waals surface area (Å²) in [5.74, 6) is -0.736. The van der Waals surface area contributed by atoms with Gasteiger partial charge < -0.3 is 14.7 Å². The Morgan fingerprint density at radius 2 is 1.90 bits per heavy atom. The topological polar surface area (TPSA) is 57.5 Å². The van der Waals surface area contributed by atoms with Crippen molar-refractivity contribution < 1.29 is 19.5 Å². The molecule has 0 saturated heterocycles. The summed E-state index contributed by atoms with van der Waals surface area (Å²) in [6.45, 7) is 11.4. The minimum atomic E-state index is -0.736. The van der Waals surface area contributed by atoms with Crippen molar-refractivity contribution in [1.29, 1.82) is 0 Å². The van der Waals surface area contributed by atoms with Crippen LogP contribution in [0.1, 0.15) is 52.4 Å². The highest BCUT2D eigenvalue weighted by Crippen LogP contribution is 2.14. The van der Waals surface area contributed by atoms with Crippen molar-refractivity contribution in [1.82, 2.24) is 0 Å². The van der Waals surface area contributed by atoms with E-state index >= 15 is 0 Å². The molecule has 0 amide bonds. The number of unbranched alkanes of at least 4 members (excludes halogenated alkanes) is 2. The van der Waals surface area contributed by atoms with Crippen LogP contribution < -0.4 is 0 Å². The molecule has 0 bridgehead atoms. The molecule has 4 nitrogen and oxygen atoms in total. The molecule has 0 heterocycles. The number of aliphatic hydroxyl groups excluding tert-OH is 1. The van der Waals surface area contributed by atoms with Crippen LogP contribution in [-0.4, -0.2) is 52.9 Å². The Labute approximate surface area is 123 Å². The average molecular weight is 286 g/mol. The van der Waals surface area contributed by atoms with Gasteiger partial charge in [0.15, 0.2) is 0 Å². The highest BCUT2D eigenvalue weighted by molar-refractivity contribution is 5.66. The summed E-state index contributed by atoms with van der Waals surface area (Å²) in [5, 5.41) is 18.9. The van der Waals surface area contributed by atoms with Crippen molar-refractivity contribution in [2.24, 2.45) is 0 Å². The van der Waals surface area contributed by atoms with E-state index in [2.05, 4.69) is 20.4 Å². The maximum atomic E-state index is 10.6. The van der Waals surface area contributed by atoms with Crippen LogP contribution in [0, 0.1) is 0 Å². The number of hydrogen-bond donors (Lipinski definition) is 2. The van der Waals surface area contributed by atoms with Crippen LogP contribution in [0.3, 0.4) is 0 Å². The Balaban J connectivity index is 4.20. The fourth-order valence-electron chi connectivity index (χ4n) is 2.66. The van der Waals surface area contributed by atoms with E-state index in [1.807, 2.05) is 6.08 Å². The Kier molecular flexibility index (Phi) is 10.4. The van der Waals surface area contributed by atoms with Crippen LogP contribution in [0.5, 0.6) is 0 Å². The van der Waals surface area contributed by atoms with Crippen LogP contribution in [0.25, 0.3) is 0 Å². The Morgan fingerprint density at radius 3 is 2.40 bits per heavy atom. The minimum absolute atomic E-state index is 0.218. The number of carboxylic acid groups (broad SMARTS) is 1. The van der Waals surface area contributed by atoms with Gasteiger partial charge in [-0.3, -0.25) is 4.79 Å². The molecule has 1 atom stereocenters. The van der Waals surface area contributed by atoms with Gasteiger partial charge in [0.25, 0.3) is 0 Å². The lowest BCUT2D eigenvalue weighted by atomic mass is 10.1. The molecule has 0 aliphatic rings. The van der Waals surface area contributed by atoms with Gasteiger partial charge in [-0.2, -0.15) is 0 Å². The van der Waals surface area contributed by atoms with Crippen LogP contribution in [-0.2, 0) is 4.79 Å². The molecule has 0 aromatic carbocycles. The van der Waals surface area contributed by atoms with Gasteiger partial charge in [0.05, 0.1) is 26.1 Å². The summed E-state index contributed by atoms with van der Waals surface area (Å²) in [4.78, 5) is 10.6. The first-order chi connectivity index (χ1) is 9.49. The maximum Gasteiger partial charge on any atom is 0.303 e. The molecule has 20 heavy (non-hydrogen) atoms. The lowest BCUT2D eigenvalue weighted by molar-refractivity contribution is -0.927. The van der Waals surface area contributed by atoms with Crippen molar-refractivity contribution >= 4 is 5.97 Å². The largest absolute Gasteiger partial charge is 0.481 e. The van der Waals surface area contributed by atoms with Gasteiger partial charge in [0.2, 0.25) is 0 Å². The van der Waals surface area contributed by atoms with E-state index in [-0.39, 0.29) is 12.5 Å². The molecule has 0 rings (SSSR count). The summed E-state index contributed by atoms with van der Waals surface area (Å²) in [6, 6.07) is 0. The fourth-order valence-corrected chi connectivity index (χ4v) is 2.66. The number of carbonyl (C=O) groups is 1. The van der Waals surface area contributed by atoms with E-state index < -0.39 is 5.97 Å². The molecule has 2 N–H and O–H groups in total. The van der Waals surface area contributed by atoms with Gasteiger partial charge >= 0.3 is 5.97 Å². The zero-order valence-corrected chi connectivity index (χ0v) is 13.2. The molecule has 0 spiro atoms. The number of quaternary nitrogens is 1. The molecule has 0 aromatic rings. The van der Waals surface area contributed by atoms with Gasteiger partial charge in [-0.15, -0.1) is 6.58 Å². The third kappa shape index (κ3) is 8.33. The van der Waals surface area contributed by atoms with Gasteiger partial charge in [0, 0.05) is 6.42 Å².